The molecule has 22 heavy (non-hydrogen) atoms. The summed E-state index contributed by atoms with van der Waals surface area (Å²) in [6.45, 7) is 5.92. The fourth-order valence-electron chi connectivity index (χ4n) is 2.35. The van der Waals surface area contributed by atoms with Crippen molar-refractivity contribution < 1.29 is 9.53 Å². The molecule has 2 aromatic heterocycles. The molecule has 1 fully saturated rings. The van der Waals surface area contributed by atoms with Crippen LogP contribution in [-0.2, 0) is 9.53 Å². The lowest BCUT2D eigenvalue weighted by atomic mass is 10.2. The minimum atomic E-state index is -0.226. The Balaban J connectivity index is 1.62. The molecule has 2 atom stereocenters. The van der Waals surface area contributed by atoms with Gasteiger partial charge in [0.25, 0.3) is 0 Å². The number of nitrogens with one attached hydrogen (secondary N) is 1. The fourth-order valence-corrected chi connectivity index (χ4v) is 3.72. The first-order chi connectivity index (χ1) is 10.6. The van der Waals surface area contributed by atoms with Gasteiger partial charge in [-0.2, -0.15) is 0 Å². The summed E-state index contributed by atoms with van der Waals surface area (Å²) in [7, 11) is 0. The van der Waals surface area contributed by atoms with E-state index in [1.54, 1.807) is 17.5 Å². The maximum Gasteiger partial charge on any atom is 0.243 e. The van der Waals surface area contributed by atoms with Crippen molar-refractivity contribution in [2.24, 2.45) is 0 Å². The lowest BCUT2D eigenvalue weighted by molar-refractivity contribution is -0.124. The van der Waals surface area contributed by atoms with Crippen molar-refractivity contribution in [2.45, 2.75) is 26.0 Å². The molecule has 0 saturated carbocycles. The normalized spacial score (nSPS) is 20.7. The van der Waals surface area contributed by atoms with Crippen LogP contribution >= 0.6 is 22.7 Å². The third kappa shape index (κ3) is 3.52. The van der Waals surface area contributed by atoms with E-state index >= 15 is 0 Å². The van der Waals surface area contributed by atoms with Crippen LogP contribution in [0.4, 0.5) is 5.13 Å². The molecule has 0 aliphatic carbocycles. The molecule has 0 spiro atoms. The molecule has 0 radical (unpaired) electrons. The Morgan fingerprint density at radius 3 is 3.09 bits per heavy atom. The molecule has 3 rings (SSSR count). The summed E-state index contributed by atoms with van der Waals surface area (Å²) in [5.41, 5.74) is 1.01. The van der Waals surface area contributed by atoms with Crippen molar-refractivity contribution in [3.8, 4) is 0 Å². The zero-order valence-electron chi connectivity index (χ0n) is 12.5. The van der Waals surface area contributed by atoms with Crippen molar-refractivity contribution in [1.29, 1.82) is 0 Å². The van der Waals surface area contributed by atoms with Gasteiger partial charge in [0.2, 0.25) is 5.91 Å². The molecule has 8 heteroatoms. The first kappa shape index (κ1) is 15.5. The SMILES string of the molecule is Cc1csc([C@H]2CN([C@@H](C)C(=O)Nc3nccs3)CCO2)n1. The van der Waals surface area contributed by atoms with E-state index in [1.807, 2.05) is 24.6 Å². The Morgan fingerprint density at radius 1 is 1.55 bits per heavy atom. The Bertz CT molecular complexity index is 629. The molecular formula is C14H18N4O2S2. The third-order valence-corrected chi connectivity index (χ3v) is 5.34. The molecular weight excluding hydrogens is 320 g/mol. The monoisotopic (exact) mass is 338 g/mol. The first-order valence-electron chi connectivity index (χ1n) is 7.11. The third-order valence-electron chi connectivity index (χ3n) is 3.60. The number of nitrogens with zero attached hydrogens (tertiary/aromatic N) is 3. The quantitative estimate of drug-likeness (QED) is 0.926. The molecule has 1 aliphatic rings. The van der Waals surface area contributed by atoms with Crippen LogP contribution in [-0.4, -0.2) is 46.5 Å². The summed E-state index contributed by atoms with van der Waals surface area (Å²) in [5, 5.41) is 8.34. The number of hydrogen-bond donors (Lipinski definition) is 1. The maximum atomic E-state index is 12.3. The zero-order chi connectivity index (χ0) is 15.5. The molecule has 0 aromatic carbocycles. The number of aromatic nitrogens is 2. The highest BCUT2D eigenvalue weighted by Crippen LogP contribution is 2.26. The van der Waals surface area contributed by atoms with Crippen LogP contribution in [0.2, 0.25) is 0 Å². The number of anilines is 1. The number of rotatable bonds is 4. The minimum Gasteiger partial charge on any atom is -0.368 e. The van der Waals surface area contributed by atoms with Gasteiger partial charge in [-0.15, -0.1) is 22.7 Å². The van der Waals surface area contributed by atoms with E-state index in [4.69, 9.17) is 4.74 Å². The molecule has 1 aliphatic heterocycles. The number of carbonyl (C=O) groups is 1. The second-order valence-electron chi connectivity index (χ2n) is 5.18. The number of aryl methyl sites for hydroxylation is 1. The minimum absolute atomic E-state index is 0.0362. The van der Waals surface area contributed by atoms with E-state index in [0.29, 0.717) is 18.3 Å². The van der Waals surface area contributed by atoms with E-state index in [9.17, 15) is 4.79 Å². The van der Waals surface area contributed by atoms with Gasteiger partial charge in [0.1, 0.15) is 11.1 Å². The summed E-state index contributed by atoms with van der Waals surface area (Å²) in [6, 6.07) is -0.226. The lowest BCUT2D eigenvalue weighted by Gasteiger charge is -2.35. The number of hydrogen-bond acceptors (Lipinski definition) is 7. The Hall–Kier alpha value is -1.35. The molecule has 1 saturated heterocycles. The van der Waals surface area contributed by atoms with E-state index in [2.05, 4.69) is 20.2 Å². The average molecular weight is 338 g/mol. The molecule has 6 nitrogen and oxygen atoms in total. The number of amides is 1. The van der Waals surface area contributed by atoms with Crippen molar-refractivity contribution >= 4 is 33.7 Å². The van der Waals surface area contributed by atoms with Gasteiger partial charge in [-0.3, -0.25) is 9.69 Å². The first-order valence-corrected chi connectivity index (χ1v) is 8.87. The largest absolute Gasteiger partial charge is 0.368 e. The second-order valence-corrected chi connectivity index (χ2v) is 6.97. The van der Waals surface area contributed by atoms with Gasteiger partial charge in [0, 0.05) is 35.7 Å². The van der Waals surface area contributed by atoms with Crippen LogP contribution in [0.5, 0.6) is 0 Å². The van der Waals surface area contributed by atoms with E-state index < -0.39 is 0 Å². The van der Waals surface area contributed by atoms with Gasteiger partial charge < -0.3 is 10.1 Å². The van der Waals surface area contributed by atoms with E-state index in [0.717, 1.165) is 17.2 Å². The number of carbonyl (C=O) groups excluding carboxylic acids is 1. The van der Waals surface area contributed by atoms with Gasteiger partial charge in [-0.05, 0) is 13.8 Å². The van der Waals surface area contributed by atoms with Crippen LogP contribution in [0.3, 0.4) is 0 Å². The molecule has 0 bridgehead atoms. The van der Waals surface area contributed by atoms with Gasteiger partial charge >= 0.3 is 0 Å². The lowest BCUT2D eigenvalue weighted by Crippen LogP contribution is -2.48. The maximum absolute atomic E-state index is 12.3. The number of thiazole rings is 2. The number of ether oxygens (including phenoxy) is 1. The standard InChI is InChI=1S/C14H18N4O2S2/c1-9-8-22-13(16-9)11-7-18(4-5-20-11)10(2)12(19)17-14-15-3-6-21-14/h3,6,8,10-11H,4-5,7H2,1-2H3,(H,15,17,19)/t10-,11+/m0/s1. The second kappa shape index (κ2) is 6.82. The topological polar surface area (TPSA) is 67.4 Å². The van der Waals surface area contributed by atoms with Crippen LogP contribution in [0, 0.1) is 6.92 Å². The van der Waals surface area contributed by atoms with Gasteiger partial charge in [0.05, 0.1) is 12.6 Å². The van der Waals surface area contributed by atoms with Gasteiger partial charge in [-0.25, -0.2) is 9.97 Å². The summed E-state index contributed by atoms with van der Waals surface area (Å²) < 4.78 is 5.81. The highest BCUT2D eigenvalue weighted by Gasteiger charge is 2.30. The Kier molecular flexibility index (Phi) is 4.82. The van der Waals surface area contributed by atoms with Crippen molar-refractivity contribution in [1.82, 2.24) is 14.9 Å². The smallest absolute Gasteiger partial charge is 0.243 e. The molecule has 1 amide bonds. The van der Waals surface area contributed by atoms with Crippen molar-refractivity contribution in [2.75, 3.05) is 25.0 Å². The predicted molar refractivity (Wildman–Crippen MR) is 87.3 cm³/mol. The number of morpholine rings is 1. The van der Waals surface area contributed by atoms with Crippen LogP contribution < -0.4 is 5.32 Å². The highest BCUT2D eigenvalue weighted by molar-refractivity contribution is 7.13. The van der Waals surface area contributed by atoms with Crippen molar-refractivity contribution in [3.05, 3.63) is 27.7 Å². The fraction of sp³-hybridized carbons (Fsp3) is 0.500. The summed E-state index contributed by atoms with van der Waals surface area (Å²) in [6.07, 6.45) is 1.63. The Morgan fingerprint density at radius 2 is 2.41 bits per heavy atom. The summed E-state index contributed by atoms with van der Waals surface area (Å²) in [5.74, 6) is -0.0362. The molecule has 0 unspecified atom stereocenters. The molecule has 2 aromatic rings. The molecule has 118 valence electrons. The molecule has 1 N–H and O–H groups in total. The molecule has 3 heterocycles. The van der Waals surface area contributed by atoms with E-state index in [1.165, 1.54) is 11.3 Å². The van der Waals surface area contributed by atoms with Crippen LogP contribution in [0.15, 0.2) is 17.0 Å². The summed E-state index contributed by atoms with van der Waals surface area (Å²) >= 11 is 3.03. The zero-order valence-corrected chi connectivity index (χ0v) is 14.1. The van der Waals surface area contributed by atoms with Crippen molar-refractivity contribution in [3.63, 3.8) is 0 Å². The van der Waals surface area contributed by atoms with Crippen LogP contribution in [0.1, 0.15) is 23.7 Å². The Labute approximate surface area is 137 Å². The predicted octanol–water partition coefficient (Wildman–Crippen LogP) is 2.31. The van der Waals surface area contributed by atoms with E-state index in [-0.39, 0.29) is 18.1 Å². The highest BCUT2D eigenvalue weighted by atomic mass is 32.1. The van der Waals surface area contributed by atoms with Gasteiger partial charge in [0.15, 0.2) is 5.13 Å². The van der Waals surface area contributed by atoms with Gasteiger partial charge in [-0.1, -0.05) is 0 Å². The average Bonchev–Trinajstić information content (AvgIpc) is 3.18. The summed E-state index contributed by atoms with van der Waals surface area (Å²) in [4.78, 5) is 23.0. The van der Waals surface area contributed by atoms with Crippen LogP contribution in [0.25, 0.3) is 0 Å².